The molecule has 5 rings (SSSR count). The molecule has 0 radical (unpaired) electrons. The van der Waals surface area contributed by atoms with Crippen molar-refractivity contribution >= 4 is 38.1 Å². The van der Waals surface area contributed by atoms with Crippen molar-refractivity contribution in [2.24, 2.45) is 0 Å². The summed E-state index contributed by atoms with van der Waals surface area (Å²) in [5, 5.41) is 9.66. The lowest BCUT2D eigenvalue weighted by Gasteiger charge is -2.19. The Morgan fingerprint density at radius 1 is 0.882 bits per heavy atom. The van der Waals surface area contributed by atoms with Gasteiger partial charge in [-0.05, 0) is 42.5 Å². The van der Waals surface area contributed by atoms with Crippen LogP contribution in [0.15, 0.2) is 76.4 Å². The first kappa shape index (κ1) is 21.5. The van der Waals surface area contributed by atoms with Crippen molar-refractivity contribution in [3.05, 3.63) is 82.8 Å². The number of H-pyrrole nitrogens is 1. The summed E-state index contributed by atoms with van der Waals surface area (Å²) < 4.78 is 38.9. The van der Waals surface area contributed by atoms with Crippen LogP contribution >= 0.6 is 0 Å². The molecule has 0 saturated heterocycles. The highest BCUT2D eigenvalue weighted by Crippen LogP contribution is 2.32. The minimum absolute atomic E-state index is 0.0325. The molecule has 0 aliphatic carbocycles. The summed E-state index contributed by atoms with van der Waals surface area (Å²) in [7, 11) is -3.87. The molecule has 0 saturated carbocycles. The van der Waals surface area contributed by atoms with Gasteiger partial charge in [-0.15, -0.1) is 0 Å². The third kappa shape index (κ3) is 4.16. The van der Waals surface area contributed by atoms with Gasteiger partial charge in [-0.25, -0.2) is 13.5 Å². The number of ether oxygens (including phenoxy) is 2. The van der Waals surface area contributed by atoms with Crippen LogP contribution in [0.1, 0.15) is 10.5 Å². The second-order valence-electron chi connectivity index (χ2n) is 7.39. The SMILES string of the molecule is O=C(Nc1ccc(NS(=O)(=O)c2ccc3c(c2)OCCO3)cc1)c1n[nH]c(=O)c2ccccc12. The van der Waals surface area contributed by atoms with Gasteiger partial charge in [-0.1, -0.05) is 18.2 Å². The van der Waals surface area contributed by atoms with E-state index in [0.29, 0.717) is 46.9 Å². The minimum atomic E-state index is -3.87. The number of aromatic amines is 1. The zero-order valence-corrected chi connectivity index (χ0v) is 18.4. The molecule has 1 aliphatic heterocycles. The molecule has 172 valence electrons. The molecular formula is C23H18N4O6S. The lowest BCUT2D eigenvalue weighted by atomic mass is 10.1. The van der Waals surface area contributed by atoms with E-state index in [9.17, 15) is 18.0 Å². The van der Waals surface area contributed by atoms with Crippen molar-refractivity contribution in [1.29, 1.82) is 0 Å². The van der Waals surface area contributed by atoms with E-state index in [1.807, 2.05) is 0 Å². The number of amides is 1. The highest BCUT2D eigenvalue weighted by atomic mass is 32.2. The van der Waals surface area contributed by atoms with Gasteiger partial charge in [0.2, 0.25) is 0 Å². The summed E-state index contributed by atoms with van der Waals surface area (Å²) in [4.78, 5) is 24.7. The summed E-state index contributed by atoms with van der Waals surface area (Å²) in [5.41, 5.74) is 0.408. The average Bonchev–Trinajstić information content (AvgIpc) is 2.85. The van der Waals surface area contributed by atoms with Gasteiger partial charge in [0.15, 0.2) is 17.2 Å². The van der Waals surface area contributed by atoms with Gasteiger partial charge in [-0.2, -0.15) is 5.10 Å². The van der Waals surface area contributed by atoms with E-state index in [-0.39, 0.29) is 16.1 Å². The van der Waals surface area contributed by atoms with Gasteiger partial charge < -0.3 is 14.8 Å². The Hall–Kier alpha value is -4.38. The number of anilines is 2. The number of rotatable bonds is 5. The maximum atomic E-state index is 12.8. The molecule has 0 fully saturated rings. The molecule has 0 atom stereocenters. The van der Waals surface area contributed by atoms with Crippen molar-refractivity contribution in [3.8, 4) is 11.5 Å². The first-order chi connectivity index (χ1) is 16.4. The van der Waals surface area contributed by atoms with Crippen LogP contribution in [0.25, 0.3) is 10.8 Å². The van der Waals surface area contributed by atoms with Crippen molar-refractivity contribution in [2.45, 2.75) is 4.90 Å². The Labute approximate surface area is 193 Å². The maximum absolute atomic E-state index is 12.8. The monoisotopic (exact) mass is 478 g/mol. The van der Waals surface area contributed by atoms with Gasteiger partial charge in [0.1, 0.15) is 13.2 Å². The summed E-state index contributed by atoms with van der Waals surface area (Å²) in [5.74, 6) is 0.350. The van der Waals surface area contributed by atoms with Gasteiger partial charge in [-0.3, -0.25) is 14.3 Å². The number of nitrogens with one attached hydrogen (secondary N) is 3. The van der Waals surface area contributed by atoms with E-state index in [4.69, 9.17) is 9.47 Å². The number of carbonyl (C=O) groups is 1. The Balaban J connectivity index is 1.32. The highest BCUT2D eigenvalue weighted by molar-refractivity contribution is 7.92. The standard InChI is InChI=1S/C23H18N4O6S/c28-22-18-4-2-1-3-17(18)21(25-26-22)23(29)24-14-5-7-15(8-6-14)27-34(30,31)16-9-10-19-20(13-16)33-12-11-32-19/h1-10,13,27H,11-12H2,(H,24,29)(H,26,28). The van der Waals surface area contributed by atoms with E-state index >= 15 is 0 Å². The fourth-order valence-electron chi connectivity index (χ4n) is 3.50. The third-order valence-corrected chi connectivity index (χ3v) is 6.51. The number of aromatic nitrogens is 2. The molecule has 1 amide bonds. The molecule has 0 unspecified atom stereocenters. The molecular weight excluding hydrogens is 460 g/mol. The van der Waals surface area contributed by atoms with E-state index in [1.54, 1.807) is 42.5 Å². The molecule has 2 heterocycles. The normalized spacial score (nSPS) is 12.8. The van der Waals surface area contributed by atoms with Crippen LogP contribution in [-0.4, -0.2) is 37.7 Å². The summed E-state index contributed by atoms with van der Waals surface area (Å²) >= 11 is 0. The molecule has 11 heteroatoms. The number of nitrogens with zero attached hydrogens (tertiary/aromatic N) is 1. The fraction of sp³-hybridized carbons (Fsp3) is 0.0870. The lowest BCUT2D eigenvalue weighted by molar-refractivity contribution is 0.102. The predicted octanol–water partition coefficient (Wildman–Crippen LogP) is 2.75. The Bertz CT molecular complexity index is 1560. The molecule has 0 bridgehead atoms. The maximum Gasteiger partial charge on any atom is 0.276 e. The molecule has 3 aromatic carbocycles. The number of carbonyl (C=O) groups excluding carboxylic acids is 1. The van der Waals surface area contributed by atoms with Gasteiger partial charge >= 0.3 is 0 Å². The molecule has 4 aromatic rings. The Morgan fingerprint density at radius 2 is 1.56 bits per heavy atom. The molecule has 34 heavy (non-hydrogen) atoms. The van der Waals surface area contributed by atoms with E-state index in [2.05, 4.69) is 20.2 Å². The van der Waals surface area contributed by atoms with Crippen LogP contribution < -0.4 is 25.1 Å². The number of fused-ring (bicyclic) bond motifs is 2. The van der Waals surface area contributed by atoms with Crippen molar-refractivity contribution in [2.75, 3.05) is 23.3 Å². The molecule has 1 aromatic heterocycles. The topological polar surface area (TPSA) is 139 Å². The highest BCUT2D eigenvalue weighted by Gasteiger charge is 2.20. The smallest absolute Gasteiger partial charge is 0.276 e. The van der Waals surface area contributed by atoms with Crippen LogP contribution in [0, 0.1) is 0 Å². The van der Waals surface area contributed by atoms with Crippen molar-refractivity contribution in [1.82, 2.24) is 10.2 Å². The lowest BCUT2D eigenvalue weighted by Crippen LogP contribution is -2.19. The zero-order chi connectivity index (χ0) is 23.7. The summed E-state index contributed by atoms with van der Waals surface area (Å²) in [6, 6.07) is 17.2. The number of hydrogen-bond acceptors (Lipinski definition) is 7. The van der Waals surface area contributed by atoms with E-state index in [1.165, 1.54) is 24.3 Å². The Kier molecular flexibility index (Phi) is 5.38. The van der Waals surface area contributed by atoms with Gasteiger partial charge in [0.25, 0.3) is 21.5 Å². The molecule has 10 nitrogen and oxygen atoms in total. The zero-order valence-electron chi connectivity index (χ0n) is 17.6. The van der Waals surface area contributed by atoms with Crippen molar-refractivity contribution < 1.29 is 22.7 Å². The first-order valence-corrected chi connectivity index (χ1v) is 11.7. The number of hydrogen-bond donors (Lipinski definition) is 3. The molecule has 3 N–H and O–H groups in total. The fourth-order valence-corrected chi connectivity index (χ4v) is 4.58. The third-order valence-electron chi connectivity index (χ3n) is 5.13. The van der Waals surface area contributed by atoms with Crippen LogP contribution in [0.3, 0.4) is 0 Å². The average molecular weight is 478 g/mol. The van der Waals surface area contributed by atoms with Crippen molar-refractivity contribution in [3.63, 3.8) is 0 Å². The number of benzene rings is 3. The summed E-state index contributed by atoms with van der Waals surface area (Å²) in [6.45, 7) is 0.760. The molecule has 0 spiro atoms. The summed E-state index contributed by atoms with van der Waals surface area (Å²) in [6.07, 6.45) is 0. The first-order valence-electron chi connectivity index (χ1n) is 10.2. The van der Waals surface area contributed by atoms with Crippen LogP contribution in [-0.2, 0) is 10.0 Å². The second kappa shape index (κ2) is 8.52. The second-order valence-corrected chi connectivity index (χ2v) is 9.07. The number of sulfonamides is 1. The predicted molar refractivity (Wildman–Crippen MR) is 125 cm³/mol. The van der Waals surface area contributed by atoms with Gasteiger partial charge in [0.05, 0.1) is 10.3 Å². The van der Waals surface area contributed by atoms with Gasteiger partial charge in [0, 0.05) is 22.8 Å². The van der Waals surface area contributed by atoms with E-state index in [0.717, 1.165) is 0 Å². The largest absolute Gasteiger partial charge is 0.486 e. The van der Waals surface area contributed by atoms with Crippen LogP contribution in [0.4, 0.5) is 11.4 Å². The quantitative estimate of drug-likeness (QED) is 0.401. The van der Waals surface area contributed by atoms with Crippen LogP contribution in [0.5, 0.6) is 11.5 Å². The minimum Gasteiger partial charge on any atom is -0.486 e. The molecule has 1 aliphatic rings. The van der Waals surface area contributed by atoms with E-state index < -0.39 is 15.9 Å². The van der Waals surface area contributed by atoms with Crippen LogP contribution in [0.2, 0.25) is 0 Å². The Morgan fingerprint density at radius 3 is 2.32 bits per heavy atom.